The van der Waals surface area contributed by atoms with Gasteiger partial charge in [-0.3, -0.25) is 0 Å². The highest BCUT2D eigenvalue weighted by Gasteiger charge is 2.27. The second kappa shape index (κ2) is 5.68. The summed E-state index contributed by atoms with van der Waals surface area (Å²) in [4.78, 5) is 0. The minimum Gasteiger partial charge on any atom is -0.316 e. The summed E-state index contributed by atoms with van der Waals surface area (Å²) in [6.07, 6.45) is 7.66. The maximum Gasteiger partial charge on any atom is 0.0683 e. The van der Waals surface area contributed by atoms with Gasteiger partial charge in [0.15, 0.2) is 0 Å². The maximum atomic E-state index is 8.89. The van der Waals surface area contributed by atoms with Gasteiger partial charge in [-0.15, -0.1) is 0 Å². The van der Waals surface area contributed by atoms with Gasteiger partial charge in [0.1, 0.15) is 0 Å². The van der Waals surface area contributed by atoms with Crippen molar-refractivity contribution in [1.82, 2.24) is 5.32 Å². The molecule has 1 fully saturated rings. The van der Waals surface area contributed by atoms with Crippen LogP contribution in [0.15, 0.2) is 0 Å². The van der Waals surface area contributed by atoms with Crippen LogP contribution in [-0.4, -0.2) is 13.1 Å². The van der Waals surface area contributed by atoms with Gasteiger partial charge in [-0.2, -0.15) is 5.26 Å². The lowest BCUT2D eigenvalue weighted by atomic mass is 9.88. The minimum absolute atomic E-state index is 0.154. The molecule has 0 heterocycles. The van der Waals surface area contributed by atoms with E-state index in [1.165, 1.54) is 25.7 Å². The predicted molar refractivity (Wildman–Crippen MR) is 68.1 cm³/mol. The summed E-state index contributed by atoms with van der Waals surface area (Å²) in [6, 6.07) is 2.35. The molecule has 1 N–H and O–H groups in total. The Kier molecular flexibility index (Phi) is 4.80. The average molecular weight is 222 g/mol. The summed E-state index contributed by atoms with van der Waals surface area (Å²) < 4.78 is 0. The Morgan fingerprint density at radius 1 is 1.31 bits per heavy atom. The number of nitriles is 1. The topological polar surface area (TPSA) is 35.8 Å². The van der Waals surface area contributed by atoms with E-state index in [-0.39, 0.29) is 5.41 Å². The van der Waals surface area contributed by atoms with Gasteiger partial charge in [-0.05, 0) is 51.5 Å². The van der Waals surface area contributed by atoms with E-state index in [0.29, 0.717) is 5.41 Å². The van der Waals surface area contributed by atoms with Gasteiger partial charge in [0, 0.05) is 6.54 Å². The molecule has 16 heavy (non-hydrogen) atoms. The van der Waals surface area contributed by atoms with Crippen molar-refractivity contribution in [1.29, 1.82) is 5.26 Å². The Bertz CT molecular complexity index is 244. The predicted octanol–water partition coefficient (Wildman–Crippen LogP) is 3.49. The molecule has 0 spiro atoms. The zero-order valence-corrected chi connectivity index (χ0v) is 11.1. The van der Waals surface area contributed by atoms with Crippen LogP contribution >= 0.6 is 0 Å². The van der Waals surface area contributed by atoms with Gasteiger partial charge in [0.05, 0.1) is 11.5 Å². The Hall–Kier alpha value is -0.550. The monoisotopic (exact) mass is 222 g/mol. The number of hydrogen-bond acceptors (Lipinski definition) is 2. The third-order valence-electron chi connectivity index (χ3n) is 3.82. The van der Waals surface area contributed by atoms with Crippen LogP contribution in [0.4, 0.5) is 0 Å². The molecule has 0 amide bonds. The van der Waals surface area contributed by atoms with E-state index in [1.807, 2.05) is 13.8 Å². The van der Waals surface area contributed by atoms with Crippen molar-refractivity contribution in [2.45, 2.75) is 59.3 Å². The Morgan fingerprint density at radius 2 is 1.94 bits per heavy atom. The molecule has 1 saturated carbocycles. The number of nitrogens with zero attached hydrogens (tertiary/aromatic N) is 1. The molecule has 0 bridgehead atoms. The van der Waals surface area contributed by atoms with Crippen LogP contribution in [0.1, 0.15) is 59.3 Å². The largest absolute Gasteiger partial charge is 0.316 e. The first-order valence-electron chi connectivity index (χ1n) is 6.59. The van der Waals surface area contributed by atoms with E-state index >= 15 is 0 Å². The molecule has 0 aromatic heterocycles. The van der Waals surface area contributed by atoms with Gasteiger partial charge in [-0.1, -0.05) is 19.8 Å². The summed E-state index contributed by atoms with van der Waals surface area (Å²) in [6.45, 7) is 8.64. The molecule has 0 atom stereocenters. The smallest absolute Gasteiger partial charge is 0.0683 e. The zero-order chi connectivity index (χ0) is 12.1. The van der Waals surface area contributed by atoms with Crippen LogP contribution in [0, 0.1) is 22.2 Å². The minimum atomic E-state index is -0.154. The third-order valence-corrected chi connectivity index (χ3v) is 3.82. The van der Waals surface area contributed by atoms with Crippen LogP contribution in [0.3, 0.4) is 0 Å². The first-order chi connectivity index (χ1) is 7.47. The molecule has 1 aliphatic carbocycles. The van der Waals surface area contributed by atoms with E-state index in [9.17, 15) is 0 Å². The molecule has 0 aromatic carbocycles. The average Bonchev–Trinajstić information content (AvgIpc) is 2.65. The van der Waals surface area contributed by atoms with Crippen LogP contribution in [-0.2, 0) is 0 Å². The van der Waals surface area contributed by atoms with Crippen LogP contribution in [0.25, 0.3) is 0 Å². The van der Waals surface area contributed by atoms with E-state index in [1.54, 1.807) is 0 Å². The second-order valence-corrected chi connectivity index (χ2v) is 6.29. The van der Waals surface area contributed by atoms with Gasteiger partial charge in [0.25, 0.3) is 0 Å². The highest BCUT2D eigenvalue weighted by Crippen LogP contribution is 2.36. The molecule has 0 saturated heterocycles. The Labute approximate surface area is 100 Å². The molecular weight excluding hydrogens is 196 g/mol. The summed E-state index contributed by atoms with van der Waals surface area (Å²) in [7, 11) is 0. The van der Waals surface area contributed by atoms with Crippen LogP contribution in [0.5, 0.6) is 0 Å². The van der Waals surface area contributed by atoms with Crippen molar-refractivity contribution in [3.8, 4) is 6.07 Å². The van der Waals surface area contributed by atoms with Crippen molar-refractivity contribution in [3.63, 3.8) is 0 Å². The maximum absolute atomic E-state index is 8.89. The molecule has 2 nitrogen and oxygen atoms in total. The third kappa shape index (κ3) is 4.53. The first kappa shape index (κ1) is 13.5. The van der Waals surface area contributed by atoms with E-state index in [2.05, 4.69) is 18.3 Å². The lowest BCUT2D eigenvalue weighted by Crippen LogP contribution is -2.30. The highest BCUT2D eigenvalue weighted by atomic mass is 14.9. The fourth-order valence-electron chi connectivity index (χ4n) is 2.51. The molecule has 92 valence electrons. The first-order valence-corrected chi connectivity index (χ1v) is 6.59. The number of hydrogen-bond donors (Lipinski definition) is 1. The SMILES string of the molecule is CC(C)(C#N)CCCNCC1(C)CCCC1. The van der Waals surface area contributed by atoms with Gasteiger partial charge in [0.2, 0.25) is 0 Å². The van der Waals surface area contributed by atoms with E-state index in [0.717, 1.165) is 25.9 Å². The second-order valence-electron chi connectivity index (χ2n) is 6.29. The molecule has 0 radical (unpaired) electrons. The van der Waals surface area contributed by atoms with Crippen molar-refractivity contribution in [2.24, 2.45) is 10.8 Å². The summed E-state index contributed by atoms with van der Waals surface area (Å²) in [5.74, 6) is 0. The van der Waals surface area contributed by atoms with Crippen molar-refractivity contribution in [2.75, 3.05) is 13.1 Å². The normalized spacial score (nSPS) is 19.6. The van der Waals surface area contributed by atoms with Crippen molar-refractivity contribution in [3.05, 3.63) is 0 Å². The summed E-state index contributed by atoms with van der Waals surface area (Å²) in [5.41, 5.74) is 0.393. The zero-order valence-electron chi connectivity index (χ0n) is 11.1. The summed E-state index contributed by atoms with van der Waals surface area (Å²) in [5, 5.41) is 12.4. The summed E-state index contributed by atoms with van der Waals surface area (Å²) >= 11 is 0. The Morgan fingerprint density at radius 3 is 2.50 bits per heavy atom. The Balaban J connectivity index is 2.06. The van der Waals surface area contributed by atoms with Crippen molar-refractivity contribution < 1.29 is 0 Å². The van der Waals surface area contributed by atoms with Gasteiger partial charge < -0.3 is 5.32 Å². The molecule has 1 rings (SSSR count). The molecule has 1 aliphatic rings. The van der Waals surface area contributed by atoms with Crippen molar-refractivity contribution >= 4 is 0 Å². The van der Waals surface area contributed by atoms with Crippen LogP contribution in [0.2, 0.25) is 0 Å². The molecule has 0 aliphatic heterocycles. The van der Waals surface area contributed by atoms with Gasteiger partial charge >= 0.3 is 0 Å². The molecule has 0 aromatic rings. The molecular formula is C14H26N2. The fraction of sp³-hybridized carbons (Fsp3) is 0.929. The quantitative estimate of drug-likeness (QED) is 0.698. The van der Waals surface area contributed by atoms with Gasteiger partial charge in [-0.25, -0.2) is 0 Å². The standard InChI is InChI=1S/C14H26N2/c1-13(2,11-15)7-6-10-16-12-14(3)8-4-5-9-14/h16H,4-10,12H2,1-3H3. The number of rotatable bonds is 6. The molecule has 2 heteroatoms. The lowest BCUT2D eigenvalue weighted by molar-refractivity contribution is 0.310. The number of nitrogens with one attached hydrogen (secondary N) is 1. The molecule has 0 unspecified atom stereocenters. The lowest BCUT2D eigenvalue weighted by Gasteiger charge is -2.24. The highest BCUT2D eigenvalue weighted by molar-refractivity contribution is 4.91. The fourth-order valence-corrected chi connectivity index (χ4v) is 2.51. The van der Waals surface area contributed by atoms with E-state index in [4.69, 9.17) is 5.26 Å². The van der Waals surface area contributed by atoms with Crippen LogP contribution < -0.4 is 5.32 Å². The van der Waals surface area contributed by atoms with E-state index < -0.39 is 0 Å².